The van der Waals surface area contributed by atoms with Crippen LogP contribution in [0.3, 0.4) is 0 Å². The van der Waals surface area contributed by atoms with Crippen molar-refractivity contribution < 1.29 is 27.8 Å². The minimum atomic E-state index is -0.824. The summed E-state index contributed by atoms with van der Waals surface area (Å²) in [7, 11) is 1.32. The van der Waals surface area contributed by atoms with Gasteiger partial charge < -0.3 is 18.8 Å². The van der Waals surface area contributed by atoms with Crippen molar-refractivity contribution in [3.05, 3.63) is 65.6 Å². The van der Waals surface area contributed by atoms with E-state index in [0.717, 1.165) is 17.7 Å². The molecule has 1 fully saturated rings. The molecule has 1 saturated heterocycles. The summed E-state index contributed by atoms with van der Waals surface area (Å²) in [6.07, 6.45) is 4.52. The average Bonchev–Trinajstić information content (AvgIpc) is 3.41. The Hall–Kier alpha value is -3.79. The fourth-order valence-electron chi connectivity index (χ4n) is 4.54. The summed E-state index contributed by atoms with van der Waals surface area (Å²) in [6, 6.07) is 5.99. The van der Waals surface area contributed by atoms with Crippen LogP contribution in [0.5, 0.6) is 0 Å². The molecular weight excluding hydrogens is 458 g/mol. The molecule has 1 aromatic carbocycles. The highest BCUT2D eigenvalue weighted by atomic mass is 19.1. The number of carbonyl (C=O) groups excluding carboxylic acids is 2. The predicted molar refractivity (Wildman–Crippen MR) is 124 cm³/mol. The molecule has 2 amide bonds. The number of hydrogen-bond acceptors (Lipinski definition) is 5. The second kappa shape index (κ2) is 9.10. The molecule has 182 valence electrons. The van der Waals surface area contributed by atoms with Crippen molar-refractivity contribution in [1.82, 2.24) is 14.3 Å². The van der Waals surface area contributed by atoms with Crippen molar-refractivity contribution in [2.45, 2.75) is 25.9 Å². The molecule has 0 aliphatic carbocycles. The van der Waals surface area contributed by atoms with E-state index in [2.05, 4.69) is 4.98 Å². The Labute approximate surface area is 200 Å². The van der Waals surface area contributed by atoms with Gasteiger partial charge in [0.25, 0.3) is 0 Å². The zero-order valence-electron chi connectivity index (χ0n) is 19.3. The minimum Gasteiger partial charge on any atom is -0.453 e. The quantitative estimate of drug-likeness (QED) is 0.565. The molecular formula is C25H24F2N4O4. The molecule has 0 radical (unpaired) electrons. The van der Waals surface area contributed by atoms with Crippen molar-refractivity contribution in [2.75, 3.05) is 31.7 Å². The first-order valence-electron chi connectivity index (χ1n) is 11.3. The molecule has 0 N–H and O–H groups in total. The number of hydrogen-bond donors (Lipinski definition) is 0. The third kappa shape index (κ3) is 4.25. The van der Waals surface area contributed by atoms with Crippen LogP contribution in [0.1, 0.15) is 17.7 Å². The smallest absolute Gasteiger partial charge is 0.409 e. The molecule has 8 nitrogen and oxygen atoms in total. The van der Waals surface area contributed by atoms with E-state index in [1.165, 1.54) is 23.1 Å². The van der Waals surface area contributed by atoms with Crippen LogP contribution in [0.2, 0.25) is 0 Å². The Bertz CT molecular complexity index is 1330. The number of methoxy groups -OCH3 is 1. The van der Waals surface area contributed by atoms with E-state index in [1.54, 1.807) is 16.7 Å². The number of imidazole rings is 1. The third-order valence-electron chi connectivity index (χ3n) is 6.23. The highest BCUT2D eigenvalue weighted by Crippen LogP contribution is 2.34. The molecule has 35 heavy (non-hydrogen) atoms. The number of fused-ring (bicyclic) bond motifs is 1. The number of rotatable bonds is 4. The first-order valence-corrected chi connectivity index (χ1v) is 11.3. The Morgan fingerprint density at radius 2 is 2.03 bits per heavy atom. The number of amides is 2. The molecule has 0 saturated carbocycles. The van der Waals surface area contributed by atoms with E-state index in [1.807, 2.05) is 19.1 Å². The summed E-state index contributed by atoms with van der Waals surface area (Å²) in [5.74, 6) is -1.91. The molecule has 10 heteroatoms. The number of nitrogens with zero attached hydrogens (tertiary/aromatic N) is 4. The SMILES string of the molecule is COC(=O)N1CCO[C@@H](Cc2c(-c3c(F)cc(N4C=CCC4=O)cc3F)nc3cc(C)ccn23)C1. The number of morpholine rings is 1. The number of aromatic nitrogens is 2. The molecule has 2 aliphatic heterocycles. The van der Waals surface area contributed by atoms with Gasteiger partial charge in [-0.2, -0.15) is 0 Å². The van der Waals surface area contributed by atoms with Crippen LogP contribution in [0.4, 0.5) is 19.3 Å². The van der Waals surface area contributed by atoms with Crippen molar-refractivity contribution in [1.29, 1.82) is 0 Å². The Morgan fingerprint density at radius 3 is 2.71 bits per heavy atom. The first-order chi connectivity index (χ1) is 16.9. The van der Waals surface area contributed by atoms with Gasteiger partial charge in [-0.25, -0.2) is 18.6 Å². The van der Waals surface area contributed by atoms with Gasteiger partial charge in [-0.1, -0.05) is 6.08 Å². The van der Waals surface area contributed by atoms with Crippen molar-refractivity contribution in [3.8, 4) is 11.3 Å². The van der Waals surface area contributed by atoms with Crippen LogP contribution < -0.4 is 4.90 Å². The van der Waals surface area contributed by atoms with Crippen LogP contribution >= 0.6 is 0 Å². The Kier molecular flexibility index (Phi) is 5.98. The minimum absolute atomic E-state index is 0.119. The monoisotopic (exact) mass is 482 g/mol. The third-order valence-corrected chi connectivity index (χ3v) is 6.23. The van der Waals surface area contributed by atoms with Crippen LogP contribution in [0.15, 0.2) is 42.7 Å². The summed E-state index contributed by atoms with van der Waals surface area (Å²) in [4.78, 5) is 31.4. The zero-order chi connectivity index (χ0) is 24.7. The lowest BCUT2D eigenvalue weighted by Crippen LogP contribution is -2.46. The van der Waals surface area contributed by atoms with Crippen molar-refractivity contribution in [3.63, 3.8) is 0 Å². The molecule has 0 spiro atoms. The van der Waals surface area contributed by atoms with E-state index in [-0.39, 0.29) is 42.2 Å². The lowest BCUT2D eigenvalue weighted by Gasteiger charge is -2.32. The van der Waals surface area contributed by atoms with E-state index in [9.17, 15) is 9.59 Å². The maximum Gasteiger partial charge on any atom is 0.409 e. The van der Waals surface area contributed by atoms with Crippen molar-refractivity contribution >= 4 is 23.3 Å². The van der Waals surface area contributed by atoms with Gasteiger partial charge in [0.15, 0.2) is 0 Å². The zero-order valence-corrected chi connectivity index (χ0v) is 19.3. The lowest BCUT2D eigenvalue weighted by atomic mass is 10.0. The molecule has 3 aromatic rings. The predicted octanol–water partition coefficient (Wildman–Crippen LogP) is 3.85. The summed E-state index contributed by atoms with van der Waals surface area (Å²) in [6.45, 7) is 2.90. The van der Waals surface area contributed by atoms with Crippen LogP contribution in [-0.4, -0.2) is 59.2 Å². The topological polar surface area (TPSA) is 76.4 Å². The lowest BCUT2D eigenvalue weighted by molar-refractivity contribution is -0.116. The fraction of sp³-hybridized carbons (Fsp3) is 0.320. The van der Waals surface area contributed by atoms with Gasteiger partial charge in [-0.3, -0.25) is 9.69 Å². The van der Waals surface area contributed by atoms with Gasteiger partial charge in [0.2, 0.25) is 5.91 Å². The van der Waals surface area contributed by atoms with Gasteiger partial charge in [0, 0.05) is 31.8 Å². The maximum absolute atomic E-state index is 15.4. The number of ether oxygens (including phenoxy) is 2. The largest absolute Gasteiger partial charge is 0.453 e. The normalized spacial score (nSPS) is 18.1. The van der Waals surface area contributed by atoms with Gasteiger partial charge in [0.1, 0.15) is 17.3 Å². The number of anilines is 1. The summed E-state index contributed by atoms with van der Waals surface area (Å²) in [5.41, 5.74) is 2.03. The first kappa shape index (κ1) is 23.0. The van der Waals surface area contributed by atoms with E-state index in [0.29, 0.717) is 24.5 Å². The number of benzene rings is 1. The van der Waals surface area contributed by atoms with Gasteiger partial charge in [-0.15, -0.1) is 0 Å². The van der Waals surface area contributed by atoms with Crippen molar-refractivity contribution in [2.24, 2.45) is 0 Å². The van der Waals surface area contributed by atoms with E-state index >= 15 is 8.78 Å². The number of pyridine rings is 1. The number of carbonyl (C=O) groups is 2. The van der Waals surface area contributed by atoms with Crippen LogP contribution in [-0.2, 0) is 20.7 Å². The van der Waals surface area contributed by atoms with Gasteiger partial charge in [0.05, 0.1) is 49.0 Å². The Balaban J connectivity index is 1.57. The summed E-state index contributed by atoms with van der Waals surface area (Å²) < 4.78 is 43.3. The molecule has 0 unspecified atom stereocenters. The molecule has 4 heterocycles. The van der Waals surface area contributed by atoms with E-state index in [4.69, 9.17) is 9.47 Å². The van der Waals surface area contributed by atoms with E-state index < -0.39 is 23.8 Å². The average molecular weight is 482 g/mol. The standard InChI is InChI=1S/C25H24F2N4O4/c1-15-5-7-31-20(13-17-14-29(8-9-35-17)25(33)34-2)24(28-21(31)10-15)23-18(26)11-16(12-19(23)27)30-6-3-4-22(30)32/h3,5-7,10-12,17H,4,8-9,13-14H2,1-2H3/t17-/m0/s1. The van der Waals surface area contributed by atoms with Crippen LogP contribution in [0, 0.1) is 18.6 Å². The number of halogens is 2. The highest BCUT2D eigenvalue weighted by molar-refractivity contribution is 5.98. The second-order valence-electron chi connectivity index (χ2n) is 8.59. The molecule has 5 rings (SSSR count). The fourth-order valence-corrected chi connectivity index (χ4v) is 4.54. The molecule has 2 aliphatic rings. The summed E-state index contributed by atoms with van der Waals surface area (Å²) >= 11 is 0. The molecule has 1 atom stereocenters. The highest BCUT2D eigenvalue weighted by Gasteiger charge is 2.29. The second-order valence-corrected chi connectivity index (χ2v) is 8.59. The molecule has 0 bridgehead atoms. The maximum atomic E-state index is 15.4. The Morgan fingerprint density at radius 1 is 1.26 bits per heavy atom. The van der Waals surface area contributed by atoms with Crippen LogP contribution in [0.25, 0.3) is 16.9 Å². The van der Waals surface area contributed by atoms with Gasteiger partial charge >= 0.3 is 6.09 Å². The van der Waals surface area contributed by atoms with Gasteiger partial charge in [-0.05, 0) is 36.8 Å². The number of aryl methyl sites for hydroxylation is 1. The molecule has 2 aromatic heterocycles. The summed E-state index contributed by atoms with van der Waals surface area (Å²) in [5, 5.41) is 0.